The lowest BCUT2D eigenvalue weighted by Gasteiger charge is -2.23. The average Bonchev–Trinajstić information content (AvgIpc) is 3.40. The molecule has 0 radical (unpaired) electrons. The molecular weight excluding hydrogens is 817 g/mol. The molecule has 318 valence electrons. The summed E-state index contributed by atoms with van der Waals surface area (Å²) in [5, 5.41) is 15.0. The fraction of sp³-hybridized carbons (Fsp3) is 0.0294. The van der Waals surface area contributed by atoms with Crippen molar-refractivity contribution in [2.45, 2.75) is 13.8 Å². The van der Waals surface area contributed by atoms with Gasteiger partial charge in [-0.1, -0.05) is 254 Å². The van der Waals surface area contributed by atoms with E-state index in [-0.39, 0.29) is 0 Å². The molecule has 0 heteroatoms. The Kier molecular flexibility index (Phi) is 9.41. The SMILES string of the molecule is Cc1ccc(-c2c(-c3c4ccccc4c(-c4ccccc4)c4ccccc34)ccc3c2ccc2c(-c4ccc(C)cc4)c(-c4c5ccccc5c(-c5ccccc5)c5ccccc45)ccc23)cc1. The molecule has 0 atom stereocenters. The van der Waals surface area contributed by atoms with E-state index in [9.17, 15) is 0 Å². The van der Waals surface area contributed by atoms with E-state index in [1.165, 1.54) is 143 Å². The molecule has 0 nitrogen and oxygen atoms in total. The number of hydrogen-bond donors (Lipinski definition) is 0. The first-order valence-electron chi connectivity index (χ1n) is 23.8. The van der Waals surface area contributed by atoms with Crippen LogP contribution < -0.4 is 0 Å². The Balaban J connectivity index is 1.13. The summed E-state index contributed by atoms with van der Waals surface area (Å²) in [7, 11) is 0. The first-order valence-corrected chi connectivity index (χ1v) is 23.8. The van der Waals surface area contributed by atoms with E-state index < -0.39 is 0 Å². The van der Waals surface area contributed by atoms with Gasteiger partial charge in [-0.05, 0) is 145 Å². The predicted molar refractivity (Wildman–Crippen MR) is 294 cm³/mol. The van der Waals surface area contributed by atoms with Crippen LogP contribution in [0, 0.1) is 13.8 Å². The van der Waals surface area contributed by atoms with Gasteiger partial charge in [0.1, 0.15) is 0 Å². The topological polar surface area (TPSA) is 0 Å². The fourth-order valence-corrected chi connectivity index (χ4v) is 11.4. The highest BCUT2D eigenvalue weighted by Crippen LogP contribution is 2.51. The summed E-state index contributed by atoms with van der Waals surface area (Å²) in [4.78, 5) is 0. The van der Waals surface area contributed by atoms with Gasteiger partial charge in [-0.2, -0.15) is 0 Å². The van der Waals surface area contributed by atoms with Crippen LogP contribution >= 0.6 is 0 Å². The summed E-state index contributed by atoms with van der Waals surface area (Å²) in [5.41, 5.74) is 17.4. The van der Waals surface area contributed by atoms with Gasteiger partial charge in [0.05, 0.1) is 0 Å². The van der Waals surface area contributed by atoms with E-state index in [1.807, 2.05) is 0 Å². The van der Waals surface area contributed by atoms with Gasteiger partial charge < -0.3 is 0 Å². The summed E-state index contributed by atoms with van der Waals surface area (Å²) in [6.45, 7) is 4.35. The molecule has 0 heterocycles. The smallest absolute Gasteiger partial charge is 0.00199 e. The Bertz CT molecular complexity index is 3720. The number of rotatable bonds is 6. The largest absolute Gasteiger partial charge is 0.0622 e. The molecule has 68 heavy (non-hydrogen) atoms. The quantitative estimate of drug-likeness (QED) is 0.115. The summed E-state index contributed by atoms with van der Waals surface area (Å²) >= 11 is 0. The lowest BCUT2D eigenvalue weighted by Crippen LogP contribution is -1.95. The minimum Gasteiger partial charge on any atom is -0.0622 e. The van der Waals surface area contributed by atoms with Crippen LogP contribution in [0.5, 0.6) is 0 Å². The normalized spacial score (nSPS) is 11.7. The van der Waals surface area contributed by atoms with Crippen LogP contribution in [-0.4, -0.2) is 0 Å². The van der Waals surface area contributed by atoms with Gasteiger partial charge in [0.15, 0.2) is 0 Å². The van der Waals surface area contributed by atoms with Gasteiger partial charge in [-0.25, -0.2) is 0 Å². The molecule has 0 saturated carbocycles. The molecule has 0 unspecified atom stereocenters. The van der Waals surface area contributed by atoms with Crippen LogP contribution in [0.4, 0.5) is 0 Å². The van der Waals surface area contributed by atoms with Crippen molar-refractivity contribution in [3.63, 3.8) is 0 Å². The zero-order chi connectivity index (χ0) is 45.3. The van der Waals surface area contributed by atoms with Gasteiger partial charge >= 0.3 is 0 Å². The number of benzene rings is 13. The standard InChI is InChI=1S/C68H46/c1-43-29-33-47(34-30-43)65-59-39-40-60-50(49(59)37-41-61(65)67-55-25-13-9-21-51(55)63(45-17-5-3-6-18-45)52-22-10-14-26-56(52)67)38-42-62(66(60)48-35-31-44(2)32-36-48)68-57-27-15-11-23-53(57)64(46-19-7-4-8-20-46)54-24-12-16-28-58(54)68/h3-42H,1-2H3. The van der Waals surface area contributed by atoms with Gasteiger partial charge in [0.25, 0.3) is 0 Å². The number of aryl methyl sites for hydroxylation is 2. The van der Waals surface area contributed by atoms with Crippen LogP contribution in [0.15, 0.2) is 243 Å². The predicted octanol–water partition coefficient (Wildman–Crippen LogP) is 19.2. The first kappa shape index (κ1) is 39.8. The molecule has 0 amide bonds. The minimum absolute atomic E-state index is 1.21. The lowest BCUT2D eigenvalue weighted by molar-refractivity contribution is 1.47. The highest BCUT2D eigenvalue weighted by Gasteiger charge is 2.24. The monoisotopic (exact) mass is 862 g/mol. The van der Waals surface area contributed by atoms with E-state index in [2.05, 4.69) is 257 Å². The van der Waals surface area contributed by atoms with E-state index in [0.717, 1.165) is 0 Å². The fourth-order valence-electron chi connectivity index (χ4n) is 11.4. The maximum Gasteiger partial charge on any atom is -0.00199 e. The van der Waals surface area contributed by atoms with Crippen molar-refractivity contribution in [3.05, 3.63) is 254 Å². The lowest BCUT2D eigenvalue weighted by atomic mass is 9.80. The maximum absolute atomic E-state index is 2.41. The molecule has 13 rings (SSSR count). The van der Waals surface area contributed by atoms with Crippen molar-refractivity contribution in [3.8, 4) is 66.8 Å². The van der Waals surface area contributed by atoms with Crippen LogP contribution in [0.1, 0.15) is 11.1 Å². The minimum atomic E-state index is 1.21. The second kappa shape index (κ2) is 16.1. The van der Waals surface area contributed by atoms with Crippen molar-refractivity contribution in [1.29, 1.82) is 0 Å². The molecule has 0 aliphatic heterocycles. The molecule has 0 fully saturated rings. The third kappa shape index (κ3) is 6.29. The number of fused-ring (bicyclic) bond motifs is 7. The zero-order valence-corrected chi connectivity index (χ0v) is 38.1. The van der Waals surface area contributed by atoms with Crippen molar-refractivity contribution < 1.29 is 0 Å². The third-order valence-corrected chi connectivity index (χ3v) is 14.4. The summed E-state index contributed by atoms with van der Waals surface area (Å²) in [6, 6.07) is 90.5. The molecule has 0 N–H and O–H groups in total. The average molecular weight is 863 g/mol. The van der Waals surface area contributed by atoms with Gasteiger partial charge in [-0.15, -0.1) is 0 Å². The van der Waals surface area contributed by atoms with Crippen LogP contribution in [0.3, 0.4) is 0 Å². The van der Waals surface area contributed by atoms with Crippen LogP contribution in [0.2, 0.25) is 0 Å². The molecular formula is C68H46. The third-order valence-electron chi connectivity index (χ3n) is 14.4. The highest BCUT2D eigenvalue weighted by molar-refractivity contribution is 6.28. The Morgan fingerprint density at radius 2 is 0.397 bits per heavy atom. The Morgan fingerprint density at radius 1 is 0.162 bits per heavy atom. The van der Waals surface area contributed by atoms with Gasteiger partial charge in [-0.3, -0.25) is 0 Å². The summed E-state index contributed by atoms with van der Waals surface area (Å²) in [5.74, 6) is 0. The molecule has 13 aromatic carbocycles. The first-order chi connectivity index (χ1) is 33.6. The molecule has 13 aromatic rings. The highest BCUT2D eigenvalue weighted by atomic mass is 14.3. The second-order valence-corrected chi connectivity index (χ2v) is 18.4. The van der Waals surface area contributed by atoms with Crippen molar-refractivity contribution in [1.82, 2.24) is 0 Å². The van der Waals surface area contributed by atoms with Crippen LogP contribution in [-0.2, 0) is 0 Å². The van der Waals surface area contributed by atoms with Gasteiger partial charge in [0, 0.05) is 0 Å². The summed E-state index contributed by atoms with van der Waals surface area (Å²) < 4.78 is 0. The van der Waals surface area contributed by atoms with Crippen molar-refractivity contribution >= 4 is 64.6 Å². The molecule has 0 saturated heterocycles. The molecule has 0 spiro atoms. The Morgan fingerprint density at radius 3 is 0.706 bits per heavy atom. The molecule has 0 bridgehead atoms. The van der Waals surface area contributed by atoms with Gasteiger partial charge in [0.2, 0.25) is 0 Å². The van der Waals surface area contributed by atoms with E-state index in [0.29, 0.717) is 0 Å². The Labute approximate surface area is 397 Å². The van der Waals surface area contributed by atoms with E-state index in [4.69, 9.17) is 0 Å². The summed E-state index contributed by atoms with van der Waals surface area (Å²) in [6.07, 6.45) is 0. The van der Waals surface area contributed by atoms with E-state index >= 15 is 0 Å². The molecule has 0 aliphatic rings. The van der Waals surface area contributed by atoms with Crippen molar-refractivity contribution in [2.75, 3.05) is 0 Å². The number of hydrogen-bond acceptors (Lipinski definition) is 0. The second-order valence-electron chi connectivity index (χ2n) is 18.4. The zero-order valence-electron chi connectivity index (χ0n) is 38.1. The van der Waals surface area contributed by atoms with Crippen molar-refractivity contribution in [2.24, 2.45) is 0 Å². The molecule has 0 aromatic heterocycles. The van der Waals surface area contributed by atoms with E-state index in [1.54, 1.807) is 0 Å². The maximum atomic E-state index is 2.41. The van der Waals surface area contributed by atoms with Crippen LogP contribution in [0.25, 0.3) is 131 Å². The Hall–Kier alpha value is -8.58. The molecule has 0 aliphatic carbocycles.